The van der Waals surface area contributed by atoms with Crippen LogP contribution in [0.2, 0.25) is 0 Å². The molecule has 7 aromatic rings. The van der Waals surface area contributed by atoms with Gasteiger partial charge in [0.1, 0.15) is 0 Å². The highest BCUT2D eigenvalue weighted by molar-refractivity contribution is 7.14. The van der Waals surface area contributed by atoms with Crippen LogP contribution in [-0.4, -0.2) is 0 Å². The van der Waals surface area contributed by atoms with Crippen molar-refractivity contribution >= 4 is 55.4 Å². The zero-order valence-electron chi connectivity index (χ0n) is 23.6. The number of benzene rings is 5. The maximum Gasteiger partial charge on any atom is 0.0999 e. The maximum absolute atomic E-state index is 2.31. The summed E-state index contributed by atoms with van der Waals surface area (Å²) in [5.74, 6) is 0. The molecule has 0 aliphatic carbocycles. The number of nitrogens with zero attached hydrogens (tertiary/aromatic N) is 2. The van der Waals surface area contributed by atoms with Gasteiger partial charge in [0.25, 0.3) is 0 Å². The minimum absolute atomic E-state index is 0.899. The summed E-state index contributed by atoms with van der Waals surface area (Å²) in [4.78, 5) is 4.62. The molecule has 0 unspecified atom stereocenters. The number of hydrogen-bond acceptors (Lipinski definition) is 4. The smallest absolute Gasteiger partial charge is 0.0999 e. The lowest BCUT2D eigenvalue weighted by atomic mass is 10.00. The minimum atomic E-state index is 0.899. The van der Waals surface area contributed by atoms with E-state index in [2.05, 4.69) is 178 Å². The number of thiophene rings is 2. The monoisotopic (exact) mass is 590 g/mol. The van der Waals surface area contributed by atoms with Crippen LogP contribution in [0.25, 0.3) is 11.1 Å². The van der Waals surface area contributed by atoms with Gasteiger partial charge in [0.15, 0.2) is 0 Å². The Labute approximate surface area is 261 Å². The summed E-state index contributed by atoms with van der Waals surface area (Å²) >= 11 is 3.50. The van der Waals surface area contributed by atoms with Crippen molar-refractivity contribution in [3.8, 4) is 11.1 Å². The largest absolute Gasteiger partial charge is 0.302 e. The molecule has 0 fully saturated rings. The van der Waals surface area contributed by atoms with E-state index in [0.717, 1.165) is 17.8 Å². The Balaban J connectivity index is 1.06. The number of hydrogen-bond donors (Lipinski definition) is 0. The van der Waals surface area contributed by atoms with Gasteiger partial charge in [0, 0.05) is 22.7 Å². The fourth-order valence-corrected chi connectivity index (χ4v) is 6.91. The van der Waals surface area contributed by atoms with Crippen molar-refractivity contribution in [2.45, 2.75) is 6.42 Å². The Morgan fingerprint density at radius 2 is 0.721 bits per heavy atom. The highest BCUT2D eigenvalue weighted by Gasteiger charge is 2.14. The molecule has 208 valence electrons. The summed E-state index contributed by atoms with van der Waals surface area (Å²) in [6.45, 7) is 0. The van der Waals surface area contributed by atoms with Crippen LogP contribution in [0.5, 0.6) is 0 Å². The van der Waals surface area contributed by atoms with E-state index in [9.17, 15) is 0 Å². The SMILES string of the molecule is c1ccc(N(c2ccc(Cc3ccc(-c4ccc(N(c5ccccc5)c5cccs5)cc4)cc3)cc2)c2cccs2)cc1. The quantitative estimate of drug-likeness (QED) is 0.165. The third kappa shape index (κ3) is 6.02. The first kappa shape index (κ1) is 27.0. The first-order valence-electron chi connectivity index (χ1n) is 14.4. The number of para-hydroxylation sites is 2. The zero-order valence-corrected chi connectivity index (χ0v) is 25.2. The molecule has 0 saturated heterocycles. The summed E-state index contributed by atoms with van der Waals surface area (Å²) < 4.78 is 0. The van der Waals surface area contributed by atoms with Crippen LogP contribution in [0.3, 0.4) is 0 Å². The van der Waals surface area contributed by atoms with Crippen molar-refractivity contribution < 1.29 is 0 Å². The normalized spacial score (nSPS) is 10.9. The average Bonchev–Trinajstić information content (AvgIpc) is 3.80. The molecule has 2 heterocycles. The Morgan fingerprint density at radius 3 is 1.14 bits per heavy atom. The fraction of sp³-hybridized carbons (Fsp3) is 0.0256. The van der Waals surface area contributed by atoms with Crippen LogP contribution in [0.15, 0.2) is 168 Å². The maximum atomic E-state index is 2.31. The lowest BCUT2D eigenvalue weighted by molar-refractivity contribution is 1.19. The number of rotatable bonds is 9. The van der Waals surface area contributed by atoms with E-state index in [0.29, 0.717) is 0 Å². The summed E-state index contributed by atoms with van der Waals surface area (Å²) in [5.41, 5.74) is 9.70. The first-order valence-corrected chi connectivity index (χ1v) is 16.1. The number of anilines is 6. The summed E-state index contributed by atoms with van der Waals surface area (Å²) in [5, 5.41) is 6.67. The van der Waals surface area contributed by atoms with Gasteiger partial charge in [-0.25, -0.2) is 0 Å². The van der Waals surface area contributed by atoms with Gasteiger partial charge in [-0.15, -0.1) is 22.7 Å². The topological polar surface area (TPSA) is 6.48 Å². The van der Waals surface area contributed by atoms with Gasteiger partial charge in [-0.1, -0.05) is 84.9 Å². The molecule has 0 aliphatic rings. The molecule has 0 saturated carbocycles. The van der Waals surface area contributed by atoms with Gasteiger partial charge in [-0.2, -0.15) is 0 Å². The molecule has 0 amide bonds. The van der Waals surface area contributed by atoms with Crippen LogP contribution < -0.4 is 9.80 Å². The molecular weight excluding hydrogens is 561 g/mol. The van der Waals surface area contributed by atoms with E-state index >= 15 is 0 Å². The second-order valence-corrected chi connectivity index (χ2v) is 12.2. The predicted molar refractivity (Wildman–Crippen MR) is 186 cm³/mol. The molecule has 5 aromatic carbocycles. The van der Waals surface area contributed by atoms with Crippen LogP contribution in [-0.2, 0) is 6.42 Å². The van der Waals surface area contributed by atoms with Crippen molar-refractivity contribution in [1.29, 1.82) is 0 Å². The fourth-order valence-electron chi connectivity index (χ4n) is 5.37. The minimum Gasteiger partial charge on any atom is -0.302 e. The van der Waals surface area contributed by atoms with Crippen LogP contribution >= 0.6 is 22.7 Å². The van der Waals surface area contributed by atoms with Crippen LogP contribution in [0.1, 0.15) is 11.1 Å². The van der Waals surface area contributed by atoms with Crippen molar-refractivity contribution in [2.75, 3.05) is 9.80 Å². The van der Waals surface area contributed by atoms with Gasteiger partial charge >= 0.3 is 0 Å². The molecule has 0 N–H and O–H groups in total. The molecule has 4 heteroatoms. The Morgan fingerprint density at radius 1 is 0.349 bits per heavy atom. The summed E-state index contributed by atoms with van der Waals surface area (Å²) in [6, 6.07) is 56.4. The van der Waals surface area contributed by atoms with E-state index in [1.807, 2.05) is 0 Å². The summed E-state index contributed by atoms with van der Waals surface area (Å²) in [7, 11) is 0. The van der Waals surface area contributed by atoms with Crippen LogP contribution in [0, 0.1) is 0 Å². The lowest BCUT2D eigenvalue weighted by Crippen LogP contribution is -2.08. The van der Waals surface area contributed by atoms with E-state index in [1.54, 1.807) is 22.7 Å². The molecule has 43 heavy (non-hydrogen) atoms. The summed E-state index contributed by atoms with van der Waals surface area (Å²) in [6.07, 6.45) is 0.899. The highest BCUT2D eigenvalue weighted by atomic mass is 32.1. The highest BCUT2D eigenvalue weighted by Crippen LogP contribution is 2.39. The second-order valence-electron chi connectivity index (χ2n) is 10.3. The van der Waals surface area contributed by atoms with Crippen molar-refractivity contribution in [1.82, 2.24) is 0 Å². The first-order chi connectivity index (χ1) is 21.3. The Bertz CT molecular complexity index is 1840. The van der Waals surface area contributed by atoms with Crippen LogP contribution in [0.4, 0.5) is 32.8 Å². The molecule has 0 atom stereocenters. The standard InChI is InChI=1S/C39H30N2S2/c1-3-9-34(10-4-1)40(38-13-7-27-42-38)36-23-17-31(18-24-36)29-30-15-19-32(20-16-30)33-21-25-37(26-22-33)41(39-14-8-28-43-39)35-11-5-2-6-12-35/h1-28H,29H2. The van der Waals surface area contributed by atoms with Gasteiger partial charge < -0.3 is 9.80 Å². The van der Waals surface area contributed by atoms with E-state index in [1.165, 1.54) is 43.6 Å². The van der Waals surface area contributed by atoms with Crippen molar-refractivity contribution in [3.05, 3.63) is 180 Å². The molecule has 0 spiro atoms. The van der Waals surface area contributed by atoms with E-state index in [4.69, 9.17) is 0 Å². The molecule has 0 radical (unpaired) electrons. The Hall–Kier alpha value is -4.90. The molecule has 2 nitrogen and oxygen atoms in total. The third-order valence-electron chi connectivity index (χ3n) is 7.50. The lowest BCUT2D eigenvalue weighted by Gasteiger charge is -2.23. The van der Waals surface area contributed by atoms with Crippen molar-refractivity contribution in [2.24, 2.45) is 0 Å². The third-order valence-corrected chi connectivity index (χ3v) is 9.20. The molecule has 7 rings (SSSR count). The second kappa shape index (κ2) is 12.5. The van der Waals surface area contributed by atoms with Gasteiger partial charge in [0.2, 0.25) is 0 Å². The van der Waals surface area contributed by atoms with Gasteiger partial charge in [-0.05, 0) is 112 Å². The van der Waals surface area contributed by atoms with E-state index < -0.39 is 0 Å². The van der Waals surface area contributed by atoms with Gasteiger partial charge in [0.05, 0.1) is 10.0 Å². The van der Waals surface area contributed by atoms with E-state index in [-0.39, 0.29) is 0 Å². The molecule has 0 bridgehead atoms. The molecule has 0 aliphatic heterocycles. The predicted octanol–water partition coefficient (Wildman–Crippen LogP) is 12.0. The molecular formula is C39H30N2S2. The average molecular weight is 591 g/mol. The molecule has 2 aromatic heterocycles. The zero-order chi connectivity index (χ0) is 28.8. The van der Waals surface area contributed by atoms with Gasteiger partial charge in [-0.3, -0.25) is 0 Å². The Kier molecular flexibility index (Phi) is 7.86. The van der Waals surface area contributed by atoms with Crippen molar-refractivity contribution in [3.63, 3.8) is 0 Å².